The summed E-state index contributed by atoms with van der Waals surface area (Å²) in [5.74, 6) is 1.15. The van der Waals surface area contributed by atoms with Gasteiger partial charge < -0.3 is 5.11 Å². The van der Waals surface area contributed by atoms with Gasteiger partial charge in [-0.2, -0.15) is 0 Å². The Morgan fingerprint density at radius 2 is 2.00 bits per heavy atom. The zero-order chi connectivity index (χ0) is 7.11. The van der Waals surface area contributed by atoms with Crippen molar-refractivity contribution in [3.8, 4) is 0 Å². The molecule has 0 radical (unpaired) electrons. The summed E-state index contributed by atoms with van der Waals surface area (Å²) in [7, 11) is 0. The molecule has 1 aliphatic heterocycles. The summed E-state index contributed by atoms with van der Waals surface area (Å²) in [6, 6.07) is 0. The minimum Gasteiger partial charge on any atom is -0.382 e. The van der Waals surface area contributed by atoms with Crippen LogP contribution in [0, 0.1) is 0 Å². The van der Waals surface area contributed by atoms with Gasteiger partial charge in [0.2, 0.25) is 0 Å². The lowest BCUT2D eigenvalue weighted by atomic mass is 10.2. The lowest BCUT2D eigenvalue weighted by Gasteiger charge is -2.14. The number of aliphatic hydroxyl groups excluding tert-OH is 1. The Kier molecular flexibility index (Phi) is 6.65. The molecule has 1 aliphatic rings. The zero-order valence-corrected chi connectivity index (χ0v) is 7.08. The van der Waals surface area contributed by atoms with Gasteiger partial charge in [-0.15, -0.1) is 11.8 Å². The van der Waals surface area contributed by atoms with Gasteiger partial charge in [0, 0.05) is 0 Å². The molecule has 1 atom stereocenters. The van der Waals surface area contributed by atoms with Gasteiger partial charge in [0.05, 0.1) is 5.44 Å². The fourth-order valence-electron chi connectivity index (χ4n) is 0.724. The van der Waals surface area contributed by atoms with Crippen LogP contribution in [0.1, 0.15) is 33.1 Å². The molecule has 0 aromatic carbocycles. The van der Waals surface area contributed by atoms with Gasteiger partial charge in [-0.3, -0.25) is 0 Å². The first-order valence-electron chi connectivity index (χ1n) is 3.69. The first-order valence-corrected chi connectivity index (χ1v) is 4.74. The minimum absolute atomic E-state index is 0.0475. The van der Waals surface area contributed by atoms with Crippen LogP contribution >= 0.6 is 11.8 Å². The number of thioether (sulfide) groups is 1. The monoisotopic (exact) mass is 148 g/mol. The van der Waals surface area contributed by atoms with Gasteiger partial charge in [-0.1, -0.05) is 13.8 Å². The molecule has 0 amide bonds. The van der Waals surface area contributed by atoms with Crippen LogP contribution in [0.5, 0.6) is 0 Å². The van der Waals surface area contributed by atoms with Crippen molar-refractivity contribution in [2.45, 2.75) is 38.5 Å². The molecular formula is C7H16OS. The van der Waals surface area contributed by atoms with Crippen molar-refractivity contribution < 1.29 is 5.11 Å². The largest absolute Gasteiger partial charge is 0.382 e. The van der Waals surface area contributed by atoms with E-state index in [0.717, 1.165) is 12.2 Å². The summed E-state index contributed by atoms with van der Waals surface area (Å²) in [5, 5.41) is 8.87. The summed E-state index contributed by atoms with van der Waals surface area (Å²) in [4.78, 5) is 0. The normalized spacial score (nSPS) is 26.3. The molecule has 0 bridgehead atoms. The Bertz CT molecular complexity index is 50.9. The van der Waals surface area contributed by atoms with Gasteiger partial charge in [-0.25, -0.2) is 0 Å². The molecule has 1 saturated heterocycles. The Hall–Kier alpha value is 0.310. The maximum absolute atomic E-state index is 8.87. The van der Waals surface area contributed by atoms with Crippen molar-refractivity contribution in [1.82, 2.24) is 0 Å². The van der Waals surface area contributed by atoms with E-state index in [1.807, 2.05) is 13.8 Å². The highest BCUT2D eigenvalue weighted by Crippen LogP contribution is 2.21. The van der Waals surface area contributed by atoms with E-state index in [1.54, 1.807) is 11.8 Å². The molecule has 9 heavy (non-hydrogen) atoms. The molecule has 0 aromatic heterocycles. The molecular weight excluding hydrogens is 132 g/mol. The molecule has 1 N–H and O–H groups in total. The maximum atomic E-state index is 8.87. The van der Waals surface area contributed by atoms with E-state index in [-0.39, 0.29) is 5.44 Å². The van der Waals surface area contributed by atoms with Crippen molar-refractivity contribution in [3.63, 3.8) is 0 Å². The Morgan fingerprint density at radius 3 is 2.22 bits per heavy atom. The van der Waals surface area contributed by atoms with Crippen LogP contribution in [-0.2, 0) is 0 Å². The highest BCUT2D eigenvalue weighted by molar-refractivity contribution is 7.99. The predicted octanol–water partition coefficient (Wildman–Crippen LogP) is 2.25. The van der Waals surface area contributed by atoms with Crippen molar-refractivity contribution in [3.05, 3.63) is 0 Å². The highest BCUT2D eigenvalue weighted by Gasteiger charge is 2.08. The third-order valence-electron chi connectivity index (χ3n) is 1.16. The third-order valence-corrected chi connectivity index (χ3v) is 2.30. The van der Waals surface area contributed by atoms with Crippen LogP contribution in [-0.4, -0.2) is 16.3 Å². The van der Waals surface area contributed by atoms with Crippen LogP contribution < -0.4 is 0 Å². The molecule has 0 aliphatic carbocycles. The topological polar surface area (TPSA) is 20.2 Å². The fourth-order valence-corrected chi connectivity index (χ4v) is 1.70. The molecule has 1 heterocycles. The Labute approximate surface area is 61.8 Å². The quantitative estimate of drug-likeness (QED) is 0.568. The molecule has 1 unspecified atom stereocenters. The van der Waals surface area contributed by atoms with E-state index >= 15 is 0 Å². The summed E-state index contributed by atoms with van der Waals surface area (Å²) in [6.45, 7) is 4.00. The molecule has 2 heteroatoms. The first kappa shape index (κ1) is 9.31. The summed E-state index contributed by atoms with van der Waals surface area (Å²) < 4.78 is 0. The van der Waals surface area contributed by atoms with Gasteiger partial charge >= 0.3 is 0 Å². The number of aliphatic hydroxyl groups is 1. The van der Waals surface area contributed by atoms with E-state index in [2.05, 4.69) is 0 Å². The minimum atomic E-state index is -0.0475. The zero-order valence-electron chi connectivity index (χ0n) is 6.26. The number of rotatable bonds is 0. The lowest BCUT2D eigenvalue weighted by molar-refractivity contribution is 0.244. The van der Waals surface area contributed by atoms with Crippen LogP contribution in [0.25, 0.3) is 0 Å². The highest BCUT2D eigenvalue weighted by atomic mass is 32.2. The fraction of sp³-hybridized carbons (Fsp3) is 1.00. The summed E-state index contributed by atoms with van der Waals surface area (Å²) >= 11 is 1.67. The number of hydrogen-bond donors (Lipinski definition) is 1. The molecule has 1 fully saturated rings. The predicted molar refractivity (Wildman–Crippen MR) is 43.7 cm³/mol. The Morgan fingerprint density at radius 1 is 1.33 bits per heavy atom. The standard InChI is InChI=1S/C5H10OS.C2H6/c6-5-3-1-2-4-7-5;1-2/h5-6H,1-4H2;1-2H3. The van der Waals surface area contributed by atoms with Crippen molar-refractivity contribution in [2.75, 3.05) is 5.75 Å². The van der Waals surface area contributed by atoms with E-state index in [0.29, 0.717) is 0 Å². The van der Waals surface area contributed by atoms with Crippen LogP contribution in [0.4, 0.5) is 0 Å². The van der Waals surface area contributed by atoms with Crippen molar-refractivity contribution in [1.29, 1.82) is 0 Å². The van der Waals surface area contributed by atoms with Crippen LogP contribution in [0.3, 0.4) is 0 Å². The van der Waals surface area contributed by atoms with Gasteiger partial charge in [-0.05, 0) is 25.0 Å². The third kappa shape index (κ3) is 4.79. The van der Waals surface area contributed by atoms with Crippen molar-refractivity contribution >= 4 is 11.8 Å². The molecule has 0 aromatic rings. The lowest BCUT2D eigenvalue weighted by Crippen LogP contribution is -2.06. The molecule has 1 rings (SSSR count). The molecule has 1 nitrogen and oxygen atoms in total. The smallest absolute Gasteiger partial charge is 0.0992 e. The SMILES string of the molecule is CC.OC1CCCCS1. The van der Waals surface area contributed by atoms with E-state index in [1.165, 1.54) is 12.8 Å². The van der Waals surface area contributed by atoms with E-state index < -0.39 is 0 Å². The van der Waals surface area contributed by atoms with Crippen molar-refractivity contribution in [2.24, 2.45) is 0 Å². The van der Waals surface area contributed by atoms with Gasteiger partial charge in [0.15, 0.2) is 0 Å². The van der Waals surface area contributed by atoms with E-state index in [4.69, 9.17) is 5.11 Å². The Balaban J connectivity index is 0.000000291. The maximum Gasteiger partial charge on any atom is 0.0992 e. The van der Waals surface area contributed by atoms with Crippen LogP contribution in [0.2, 0.25) is 0 Å². The molecule has 56 valence electrons. The van der Waals surface area contributed by atoms with E-state index in [9.17, 15) is 0 Å². The second kappa shape index (κ2) is 6.43. The van der Waals surface area contributed by atoms with Gasteiger partial charge in [0.25, 0.3) is 0 Å². The van der Waals surface area contributed by atoms with Gasteiger partial charge in [0.1, 0.15) is 0 Å². The van der Waals surface area contributed by atoms with Crippen LogP contribution in [0.15, 0.2) is 0 Å². The second-order valence-electron chi connectivity index (χ2n) is 1.82. The molecule has 0 saturated carbocycles. The average Bonchev–Trinajstić information content (AvgIpc) is 1.94. The summed E-state index contributed by atoms with van der Waals surface area (Å²) in [5.41, 5.74) is -0.0475. The first-order chi connectivity index (χ1) is 4.39. The average molecular weight is 148 g/mol. The second-order valence-corrected chi connectivity index (χ2v) is 3.11. The number of hydrogen-bond acceptors (Lipinski definition) is 2. The molecule has 0 spiro atoms. The summed E-state index contributed by atoms with van der Waals surface area (Å²) in [6.07, 6.45) is 3.51.